The minimum absolute atomic E-state index is 0.0697. The lowest BCUT2D eigenvalue weighted by atomic mass is 10.1. The molecule has 3 N–H and O–H groups in total. The van der Waals surface area contributed by atoms with Crippen LogP contribution in [0.5, 0.6) is 0 Å². The molecular weight excluding hydrogens is 302 g/mol. The van der Waals surface area contributed by atoms with Crippen molar-refractivity contribution in [3.05, 3.63) is 40.9 Å². The van der Waals surface area contributed by atoms with Gasteiger partial charge in [-0.25, -0.2) is 4.98 Å². The van der Waals surface area contributed by atoms with E-state index in [4.69, 9.17) is 5.11 Å². The van der Waals surface area contributed by atoms with Crippen molar-refractivity contribution in [3.8, 4) is 0 Å². The third-order valence-corrected chi connectivity index (χ3v) is 3.75. The molecule has 0 spiro atoms. The Hall–Kier alpha value is -2.41. The van der Waals surface area contributed by atoms with Gasteiger partial charge >= 0.3 is 5.97 Å². The summed E-state index contributed by atoms with van der Waals surface area (Å²) >= 11 is 1.40. The maximum atomic E-state index is 11.5. The molecule has 0 radical (unpaired) electrons. The molecule has 1 aromatic carbocycles. The summed E-state index contributed by atoms with van der Waals surface area (Å²) in [6, 6.07) is 8.07. The number of carbonyl (C=O) groups is 2. The molecule has 6 nitrogen and oxygen atoms in total. The summed E-state index contributed by atoms with van der Waals surface area (Å²) in [4.78, 5) is 26.2. The molecule has 116 valence electrons. The molecule has 2 aromatic rings. The summed E-state index contributed by atoms with van der Waals surface area (Å²) in [6.45, 7) is 1.72. The van der Waals surface area contributed by atoms with E-state index in [0.717, 1.165) is 12.1 Å². The minimum Gasteiger partial charge on any atom is -0.480 e. The molecule has 0 aliphatic carbocycles. The zero-order valence-electron chi connectivity index (χ0n) is 12.1. The zero-order chi connectivity index (χ0) is 15.9. The van der Waals surface area contributed by atoms with Gasteiger partial charge in [-0.05, 0) is 24.1 Å². The second kappa shape index (κ2) is 7.56. The number of thiazole rings is 1. The number of nitrogens with one attached hydrogen (secondary N) is 2. The van der Waals surface area contributed by atoms with Gasteiger partial charge in [-0.2, -0.15) is 0 Å². The van der Waals surface area contributed by atoms with Gasteiger partial charge in [0.1, 0.15) is 6.54 Å². The first-order valence-electron chi connectivity index (χ1n) is 6.85. The van der Waals surface area contributed by atoms with Crippen LogP contribution in [0.1, 0.15) is 18.2 Å². The lowest BCUT2D eigenvalue weighted by Crippen LogP contribution is -2.30. The highest BCUT2D eigenvalue weighted by molar-refractivity contribution is 7.13. The Kier molecular flexibility index (Phi) is 5.48. The first-order chi connectivity index (χ1) is 10.6. The Morgan fingerprint density at radius 2 is 2.00 bits per heavy atom. The Morgan fingerprint density at radius 3 is 2.64 bits per heavy atom. The summed E-state index contributed by atoms with van der Waals surface area (Å²) in [5.74, 6) is -1.42. The molecule has 1 heterocycles. The van der Waals surface area contributed by atoms with Crippen molar-refractivity contribution < 1.29 is 14.7 Å². The summed E-state index contributed by atoms with van der Waals surface area (Å²) in [5.41, 5.74) is 2.81. The highest BCUT2D eigenvalue weighted by atomic mass is 32.1. The molecule has 7 heteroatoms. The largest absolute Gasteiger partial charge is 0.480 e. The van der Waals surface area contributed by atoms with Crippen molar-refractivity contribution in [3.63, 3.8) is 0 Å². The number of rotatable bonds is 7. The Balaban J connectivity index is 1.90. The summed E-state index contributed by atoms with van der Waals surface area (Å²) in [5, 5.41) is 16.5. The third kappa shape index (κ3) is 4.85. The molecule has 0 saturated heterocycles. The van der Waals surface area contributed by atoms with E-state index in [1.54, 1.807) is 5.38 Å². The van der Waals surface area contributed by atoms with E-state index in [2.05, 4.69) is 34.7 Å². The number of carboxylic acid groups (broad SMARTS) is 1. The van der Waals surface area contributed by atoms with Crippen molar-refractivity contribution in [2.75, 3.05) is 11.9 Å². The normalized spacial score (nSPS) is 10.2. The predicted molar refractivity (Wildman–Crippen MR) is 85.6 cm³/mol. The molecule has 1 amide bonds. The van der Waals surface area contributed by atoms with Crippen LogP contribution in [0.2, 0.25) is 0 Å². The number of carbonyl (C=O) groups excluding carboxylic acids is 1. The monoisotopic (exact) mass is 319 g/mol. The molecular formula is C15H17N3O3S. The third-order valence-electron chi connectivity index (χ3n) is 2.94. The number of amides is 1. The van der Waals surface area contributed by atoms with E-state index in [1.165, 1.54) is 16.9 Å². The number of aliphatic carboxylic acids is 1. The standard InChI is InChI=1S/C15H17N3O3S/c1-2-10-3-5-11(6-4-10)17-15-18-12(9-22-15)7-13(19)16-8-14(20)21/h3-6,9H,2,7-8H2,1H3,(H,16,19)(H,17,18)(H,20,21). The van der Waals surface area contributed by atoms with Gasteiger partial charge in [0.2, 0.25) is 5.91 Å². The topological polar surface area (TPSA) is 91.3 Å². The Morgan fingerprint density at radius 1 is 1.27 bits per heavy atom. The number of aryl methyl sites for hydroxylation is 1. The maximum Gasteiger partial charge on any atom is 0.322 e. The lowest BCUT2D eigenvalue weighted by molar-refractivity contribution is -0.137. The van der Waals surface area contributed by atoms with E-state index in [-0.39, 0.29) is 18.9 Å². The quantitative estimate of drug-likeness (QED) is 0.727. The molecule has 1 aromatic heterocycles. The minimum atomic E-state index is -1.07. The van der Waals surface area contributed by atoms with Crippen LogP contribution < -0.4 is 10.6 Å². The Bertz CT molecular complexity index is 652. The molecule has 0 bridgehead atoms. The van der Waals surface area contributed by atoms with Gasteiger partial charge in [0, 0.05) is 11.1 Å². The van der Waals surface area contributed by atoms with Crippen LogP contribution in [0.15, 0.2) is 29.6 Å². The molecule has 2 rings (SSSR count). The number of anilines is 2. The first kappa shape index (κ1) is 16.0. The van der Waals surface area contributed by atoms with Crippen molar-refractivity contribution in [1.29, 1.82) is 0 Å². The van der Waals surface area contributed by atoms with Crippen molar-refractivity contribution in [1.82, 2.24) is 10.3 Å². The van der Waals surface area contributed by atoms with E-state index < -0.39 is 5.97 Å². The highest BCUT2D eigenvalue weighted by Gasteiger charge is 2.09. The van der Waals surface area contributed by atoms with Crippen molar-refractivity contribution in [2.24, 2.45) is 0 Å². The number of hydrogen-bond acceptors (Lipinski definition) is 5. The molecule has 22 heavy (non-hydrogen) atoms. The SMILES string of the molecule is CCc1ccc(Nc2nc(CC(=O)NCC(=O)O)cs2)cc1. The fourth-order valence-electron chi connectivity index (χ4n) is 1.79. The van der Waals surface area contributed by atoms with Crippen LogP contribution >= 0.6 is 11.3 Å². The van der Waals surface area contributed by atoms with Gasteiger partial charge < -0.3 is 15.7 Å². The highest BCUT2D eigenvalue weighted by Crippen LogP contribution is 2.21. The van der Waals surface area contributed by atoms with E-state index >= 15 is 0 Å². The number of benzene rings is 1. The van der Waals surface area contributed by atoms with Crippen molar-refractivity contribution in [2.45, 2.75) is 19.8 Å². The van der Waals surface area contributed by atoms with Crippen LogP contribution in [0, 0.1) is 0 Å². The van der Waals surface area contributed by atoms with E-state index in [0.29, 0.717) is 10.8 Å². The number of aromatic nitrogens is 1. The van der Waals surface area contributed by atoms with Gasteiger partial charge in [0.15, 0.2) is 5.13 Å². The molecule has 0 saturated carbocycles. The van der Waals surface area contributed by atoms with Crippen LogP contribution in [0.3, 0.4) is 0 Å². The molecule has 0 aliphatic rings. The van der Waals surface area contributed by atoms with Crippen LogP contribution in [0.25, 0.3) is 0 Å². The zero-order valence-corrected chi connectivity index (χ0v) is 12.9. The van der Waals surface area contributed by atoms with Crippen LogP contribution in [-0.2, 0) is 22.4 Å². The molecule has 0 aliphatic heterocycles. The fraction of sp³-hybridized carbons (Fsp3) is 0.267. The predicted octanol–water partition coefficient (Wildman–Crippen LogP) is 2.19. The number of carboxylic acids is 1. The second-order valence-corrected chi connectivity index (χ2v) is 5.52. The summed E-state index contributed by atoms with van der Waals surface area (Å²) in [7, 11) is 0. The van der Waals surface area contributed by atoms with Crippen molar-refractivity contribution >= 4 is 34.0 Å². The Labute approximate surface area is 132 Å². The summed E-state index contributed by atoms with van der Waals surface area (Å²) < 4.78 is 0. The first-order valence-corrected chi connectivity index (χ1v) is 7.73. The smallest absolute Gasteiger partial charge is 0.322 e. The number of nitrogens with zero attached hydrogens (tertiary/aromatic N) is 1. The van der Waals surface area contributed by atoms with Gasteiger partial charge in [-0.15, -0.1) is 11.3 Å². The van der Waals surface area contributed by atoms with Gasteiger partial charge in [0.25, 0.3) is 0 Å². The maximum absolute atomic E-state index is 11.5. The van der Waals surface area contributed by atoms with Gasteiger partial charge in [0.05, 0.1) is 12.1 Å². The molecule has 0 atom stereocenters. The van der Waals surface area contributed by atoms with E-state index in [9.17, 15) is 9.59 Å². The van der Waals surface area contributed by atoms with Gasteiger partial charge in [-0.3, -0.25) is 9.59 Å². The number of hydrogen-bond donors (Lipinski definition) is 3. The van der Waals surface area contributed by atoms with Crippen LogP contribution in [0.4, 0.5) is 10.8 Å². The van der Waals surface area contributed by atoms with Gasteiger partial charge in [-0.1, -0.05) is 19.1 Å². The lowest BCUT2D eigenvalue weighted by Gasteiger charge is -2.03. The summed E-state index contributed by atoms with van der Waals surface area (Å²) in [6.07, 6.45) is 1.06. The van der Waals surface area contributed by atoms with E-state index in [1.807, 2.05) is 12.1 Å². The molecule has 0 fully saturated rings. The molecule has 0 unspecified atom stereocenters. The average Bonchev–Trinajstić information content (AvgIpc) is 2.93. The second-order valence-electron chi connectivity index (χ2n) is 4.67. The average molecular weight is 319 g/mol. The fourth-order valence-corrected chi connectivity index (χ4v) is 2.52. The van der Waals surface area contributed by atoms with Crippen LogP contribution in [-0.4, -0.2) is 28.5 Å².